The Morgan fingerprint density at radius 2 is 2.00 bits per heavy atom. The number of nitrogens with two attached hydrogens (primary N) is 1. The molecule has 0 aliphatic rings. The van der Waals surface area contributed by atoms with Crippen molar-refractivity contribution in [2.75, 3.05) is 20.3 Å². The monoisotopic (exact) mass is 266 g/mol. The first-order valence-electron chi connectivity index (χ1n) is 6.91. The number of hydrogen-bond donors (Lipinski definition) is 2. The van der Waals surface area contributed by atoms with E-state index >= 15 is 0 Å². The minimum absolute atomic E-state index is 0.110. The molecule has 0 aromatic heterocycles. The van der Waals surface area contributed by atoms with Gasteiger partial charge >= 0.3 is 0 Å². The molecule has 0 aliphatic heterocycles. The maximum Gasteiger partial charge on any atom is 0.124 e. The quantitative estimate of drug-likeness (QED) is 0.410. The largest absolute Gasteiger partial charge is 0.491 e. The molecule has 1 rings (SSSR count). The molecule has 4 nitrogen and oxygen atoms in total. The molecule has 0 saturated heterocycles. The van der Waals surface area contributed by atoms with Crippen LogP contribution in [0, 0.1) is 5.92 Å². The summed E-state index contributed by atoms with van der Waals surface area (Å²) in [5.41, 5.74) is 4.04. The van der Waals surface area contributed by atoms with E-state index in [-0.39, 0.29) is 6.04 Å². The molecule has 0 heterocycles. The average Bonchev–Trinajstić information content (AvgIpc) is 2.42. The molecule has 108 valence electrons. The lowest BCUT2D eigenvalue weighted by Gasteiger charge is -2.25. The molecule has 0 fully saturated rings. The third-order valence-electron chi connectivity index (χ3n) is 3.29. The maximum absolute atomic E-state index is 5.77. The van der Waals surface area contributed by atoms with E-state index in [1.807, 2.05) is 18.2 Å². The third kappa shape index (κ3) is 4.82. The molecule has 2 unspecified atom stereocenters. The molecular formula is C15H26N2O2. The molecule has 4 heteroatoms. The Labute approximate surface area is 116 Å². The Bertz CT molecular complexity index is 358. The van der Waals surface area contributed by atoms with Crippen LogP contribution in [-0.2, 0) is 4.74 Å². The lowest BCUT2D eigenvalue weighted by Crippen LogP contribution is -2.33. The second-order valence-corrected chi connectivity index (χ2v) is 4.79. The zero-order valence-corrected chi connectivity index (χ0v) is 12.2. The molecule has 0 bridgehead atoms. The van der Waals surface area contributed by atoms with Gasteiger partial charge in [0.15, 0.2) is 0 Å². The van der Waals surface area contributed by atoms with Gasteiger partial charge in [-0.15, -0.1) is 0 Å². The maximum atomic E-state index is 5.77. The Balaban J connectivity index is 2.83. The molecular weight excluding hydrogens is 240 g/mol. The molecule has 1 aromatic carbocycles. The van der Waals surface area contributed by atoms with E-state index < -0.39 is 0 Å². The number of hydrogen-bond acceptors (Lipinski definition) is 4. The Morgan fingerprint density at radius 1 is 1.26 bits per heavy atom. The standard InChI is InChI=1S/C15H26N2O2/c1-4-7-12(2)15(17-16)13-8-5-6-9-14(13)19-11-10-18-3/h5-6,8-9,12,15,17H,4,7,10-11,16H2,1-3H3. The van der Waals surface area contributed by atoms with Crippen LogP contribution in [0.3, 0.4) is 0 Å². The van der Waals surface area contributed by atoms with Crippen LogP contribution < -0.4 is 16.0 Å². The van der Waals surface area contributed by atoms with Crippen LogP contribution in [0.5, 0.6) is 5.75 Å². The fourth-order valence-corrected chi connectivity index (χ4v) is 2.29. The van der Waals surface area contributed by atoms with Gasteiger partial charge in [-0.25, -0.2) is 0 Å². The first-order chi connectivity index (χ1) is 9.24. The second kappa shape index (κ2) is 8.91. The van der Waals surface area contributed by atoms with E-state index in [2.05, 4.69) is 25.3 Å². The van der Waals surface area contributed by atoms with Crippen LogP contribution in [0.2, 0.25) is 0 Å². The number of para-hydroxylation sites is 1. The third-order valence-corrected chi connectivity index (χ3v) is 3.29. The number of rotatable bonds is 9. The highest BCUT2D eigenvalue weighted by atomic mass is 16.5. The van der Waals surface area contributed by atoms with E-state index in [0.29, 0.717) is 19.1 Å². The van der Waals surface area contributed by atoms with Gasteiger partial charge in [0, 0.05) is 12.7 Å². The fourth-order valence-electron chi connectivity index (χ4n) is 2.29. The first-order valence-corrected chi connectivity index (χ1v) is 6.91. The molecule has 0 amide bonds. The average molecular weight is 266 g/mol. The van der Waals surface area contributed by atoms with E-state index in [4.69, 9.17) is 15.3 Å². The summed E-state index contributed by atoms with van der Waals surface area (Å²) in [7, 11) is 1.67. The zero-order valence-electron chi connectivity index (χ0n) is 12.2. The van der Waals surface area contributed by atoms with E-state index in [1.165, 1.54) is 0 Å². The fraction of sp³-hybridized carbons (Fsp3) is 0.600. The molecule has 0 aliphatic carbocycles. The van der Waals surface area contributed by atoms with Gasteiger partial charge in [-0.1, -0.05) is 38.5 Å². The van der Waals surface area contributed by atoms with Gasteiger partial charge in [0.1, 0.15) is 12.4 Å². The normalized spacial score (nSPS) is 14.1. The number of nitrogens with one attached hydrogen (secondary N) is 1. The number of methoxy groups -OCH3 is 1. The Hall–Kier alpha value is -1.10. The van der Waals surface area contributed by atoms with Crippen LogP contribution >= 0.6 is 0 Å². The predicted octanol–water partition coefficient (Wildman–Crippen LogP) is 2.65. The smallest absolute Gasteiger partial charge is 0.124 e. The number of benzene rings is 1. The van der Waals surface area contributed by atoms with Crippen molar-refractivity contribution in [1.29, 1.82) is 0 Å². The topological polar surface area (TPSA) is 56.5 Å². The van der Waals surface area contributed by atoms with E-state index in [9.17, 15) is 0 Å². The second-order valence-electron chi connectivity index (χ2n) is 4.79. The van der Waals surface area contributed by atoms with Crippen molar-refractivity contribution >= 4 is 0 Å². The van der Waals surface area contributed by atoms with Gasteiger partial charge in [-0.05, 0) is 18.4 Å². The summed E-state index contributed by atoms with van der Waals surface area (Å²) in [5.74, 6) is 7.07. The van der Waals surface area contributed by atoms with Gasteiger partial charge in [-0.3, -0.25) is 11.3 Å². The van der Waals surface area contributed by atoms with Gasteiger partial charge in [0.25, 0.3) is 0 Å². The molecule has 0 radical (unpaired) electrons. The number of ether oxygens (including phenoxy) is 2. The molecule has 2 atom stereocenters. The summed E-state index contributed by atoms with van der Waals surface area (Å²) in [6.07, 6.45) is 2.27. The minimum atomic E-state index is 0.110. The summed E-state index contributed by atoms with van der Waals surface area (Å²) >= 11 is 0. The van der Waals surface area contributed by atoms with Gasteiger partial charge < -0.3 is 9.47 Å². The summed E-state index contributed by atoms with van der Waals surface area (Å²) in [4.78, 5) is 0. The minimum Gasteiger partial charge on any atom is -0.491 e. The van der Waals surface area contributed by atoms with Crippen molar-refractivity contribution in [3.8, 4) is 5.75 Å². The molecule has 1 aromatic rings. The summed E-state index contributed by atoms with van der Waals surface area (Å²) < 4.78 is 10.8. The van der Waals surface area contributed by atoms with Crippen molar-refractivity contribution in [2.24, 2.45) is 11.8 Å². The first kappa shape index (κ1) is 16.0. The van der Waals surface area contributed by atoms with Crippen molar-refractivity contribution in [3.05, 3.63) is 29.8 Å². The van der Waals surface area contributed by atoms with E-state index in [0.717, 1.165) is 24.2 Å². The lowest BCUT2D eigenvalue weighted by atomic mass is 9.91. The van der Waals surface area contributed by atoms with Crippen molar-refractivity contribution < 1.29 is 9.47 Å². The van der Waals surface area contributed by atoms with Crippen LogP contribution in [-0.4, -0.2) is 20.3 Å². The van der Waals surface area contributed by atoms with Gasteiger partial charge in [0.2, 0.25) is 0 Å². The zero-order chi connectivity index (χ0) is 14.1. The highest BCUT2D eigenvalue weighted by Gasteiger charge is 2.20. The van der Waals surface area contributed by atoms with Crippen LogP contribution in [0.25, 0.3) is 0 Å². The van der Waals surface area contributed by atoms with Crippen molar-refractivity contribution in [3.63, 3.8) is 0 Å². The number of hydrazine groups is 1. The molecule has 0 saturated carbocycles. The molecule has 19 heavy (non-hydrogen) atoms. The van der Waals surface area contributed by atoms with Crippen molar-refractivity contribution in [2.45, 2.75) is 32.7 Å². The Kier molecular flexibility index (Phi) is 7.48. The highest BCUT2D eigenvalue weighted by molar-refractivity contribution is 5.36. The summed E-state index contributed by atoms with van der Waals surface area (Å²) in [6.45, 7) is 5.53. The van der Waals surface area contributed by atoms with Crippen LogP contribution in [0.4, 0.5) is 0 Å². The van der Waals surface area contributed by atoms with Crippen LogP contribution in [0.15, 0.2) is 24.3 Å². The van der Waals surface area contributed by atoms with Crippen LogP contribution in [0.1, 0.15) is 38.3 Å². The summed E-state index contributed by atoms with van der Waals surface area (Å²) in [6, 6.07) is 8.15. The van der Waals surface area contributed by atoms with Crippen molar-refractivity contribution in [1.82, 2.24) is 5.43 Å². The van der Waals surface area contributed by atoms with Gasteiger partial charge in [-0.2, -0.15) is 0 Å². The summed E-state index contributed by atoms with van der Waals surface area (Å²) in [5, 5.41) is 0. The van der Waals surface area contributed by atoms with Gasteiger partial charge in [0.05, 0.1) is 12.6 Å². The molecule has 0 spiro atoms. The Morgan fingerprint density at radius 3 is 2.63 bits per heavy atom. The highest BCUT2D eigenvalue weighted by Crippen LogP contribution is 2.31. The lowest BCUT2D eigenvalue weighted by molar-refractivity contribution is 0.145. The predicted molar refractivity (Wildman–Crippen MR) is 77.9 cm³/mol. The SMILES string of the molecule is CCCC(C)C(NN)c1ccccc1OCCOC. The molecule has 3 N–H and O–H groups in total. The van der Waals surface area contributed by atoms with E-state index in [1.54, 1.807) is 7.11 Å².